The van der Waals surface area contributed by atoms with Crippen LogP contribution in [0.15, 0.2) is 0 Å². The molecule has 5 nitrogen and oxygen atoms in total. The average Bonchev–Trinajstić information content (AvgIpc) is 2.40. The Bertz CT molecular complexity index is 489. The molecule has 0 aromatic carbocycles. The van der Waals surface area contributed by atoms with Gasteiger partial charge in [-0.1, -0.05) is 13.8 Å². The first kappa shape index (κ1) is 13.8. The number of nitriles is 1. The number of nitrogens with zero attached hydrogens (tertiary/aromatic N) is 3. The van der Waals surface area contributed by atoms with E-state index in [0.29, 0.717) is 17.3 Å². The lowest BCUT2D eigenvalue weighted by atomic mass is 9.82. The molecule has 0 amide bonds. The highest BCUT2D eigenvalue weighted by molar-refractivity contribution is 5.56. The van der Waals surface area contributed by atoms with E-state index >= 15 is 0 Å². The SMILES string of the molecule is CCc1nnc(NCC2CC(O)C2)c(C#N)c1CC. The summed E-state index contributed by atoms with van der Waals surface area (Å²) < 4.78 is 0. The molecule has 1 aromatic rings. The predicted molar refractivity (Wildman–Crippen MR) is 72.7 cm³/mol. The summed E-state index contributed by atoms with van der Waals surface area (Å²) in [6, 6.07) is 2.24. The second kappa shape index (κ2) is 5.98. The molecule has 0 spiro atoms. The minimum absolute atomic E-state index is 0.151. The van der Waals surface area contributed by atoms with Crippen molar-refractivity contribution in [1.82, 2.24) is 10.2 Å². The highest BCUT2D eigenvalue weighted by Crippen LogP contribution is 2.28. The van der Waals surface area contributed by atoms with E-state index in [4.69, 9.17) is 0 Å². The van der Waals surface area contributed by atoms with Crippen LogP contribution in [0.4, 0.5) is 5.82 Å². The Morgan fingerprint density at radius 2 is 2.05 bits per heavy atom. The van der Waals surface area contributed by atoms with Crippen LogP contribution in [-0.2, 0) is 12.8 Å². The van der Waals surface area contributed by atoms with Crippen molar-refractivity contribution in [2.75, 3.05) is 11.9 Å². The molecule has 1 aromatic heterocycles. The van der Waals surface area contributed by atoms with Gasteiger partial charge in [-0.3, -0.25) is 0 Å². The molecule has 2 N–H and O–H groups in total. The zero-order valence-corrected chi connectivity index (χ0v) is 11.5. The highest BCUT2D eigenvalue weighted by Gasteiger charge is 2.27. The van der Waals surface area contributed by atoms with Crippen LogP contribution in [0.2, 0.25) is 0 Å². The maximum atomic E-state index is 9.33. The van der Waals surface area contributed by atoms with Gasteiger partial charge < -0.3 is 10.4 Å². The first-order chi connectivity index (χ1) is 9.19. The van der Waals surface area contributed by atoms with Gasteiger partial charge in [0.25, 0.3) is 0 Å². The molecule has 2 rings (SSSR count). The summed E-state index contributed by atoms with van der Waals surface area (Å²) in [7, 11) is 0. The molecule has 0 unspecified atom stereocenters. The van der Waals surface area contributed by atoms with Crippen LogP contribution >= 0.6 is 0 Å². The van der Waals surface area contributed by atoms with Gasteiger partial charge in [0.1, 0.15) is 11.6 Å². The maximum Gasteiger partial charge on any atom is 0.166 e. The number of aliphatic hydroxyl groups is 1. The molecule has 1 fully saturated rings. The second-order valence-corrected chi connectivity index (χ2v) is 5.04. The summed E-state index contributed by atoms with van der Waals surface area (Å²) in [6.07, 6.45) is 3.09. The van der Waals surface area contributed by atoms with Crippen LogP contribution < -0.4 is 5.32 Å². The fourth-order valence-electron chi connectivity index (χ4n) is 2.53. The molecule has 0 aliphatic heterocycles. The van der Waals surface area contributed by atoms with E-state index in [-0.39, 0.29) is 6.10 Å². The van der Waals surface area contributed by atoms with E-state index in [9.17, 15) is 10.4 Å². The Labute approximate surface area is 113 Å². The number of anilines is 1. The number of nitrogens with one attached hydrogen (secondary N) is 1. The Morgan fingerprint density at radius 3 is 2.58 bits per heavy atom. The van der Waals surface area contributed by atoms with E-state index in [0.717, 1.165) is 43.5 Å². The minimum Gasteiger partial charge on any atom is -0.393 e. The van der Waals surface area contributed by atoms with Gasteiger partial charge >= 0.3 is 0 Å². The largest absolute Gasteiger partial charge is 0.393 e. The third-order valence-electron chi connectivity index (χ3n) is 3.73. The van der Waals surface area contributed by atoms with Gasteiger partial charge in [-0.25, -0.2) is 0 Å². The van der Waals surface area contributed by atoms with Crippen LogP contribution in [0.1, 0.15) is 43.5 Å². The Kier molecular flexibility index (Phi) is 4.33. The van der Waals surface area contributed by atoms with E-state index in [1.54, 1.807) is 0 Å². The van der Waals surface area contributed by atoms with Crippen molar-refractivity contribution in [3.63, 3.8) is 0 Å². The molecule has 19 heavy (non-hydrogen) atoms. The van der Waals surface area contributed by atoms with Gasteiger partial charge in [0.2, 0.25) is 0 Å². The molecule has 0 saturated heterocycles. The van der Waals surface area contributed by atoms with Gasteiger partial charge in [0, 0.05) is 6.54 Å². The van der Waals surface area contributed by atoms with Gasteiger partial charge in [0.15, 0.2) is 5.82 Å². The van der Waals surface area contributed by atoms with Crippen LogP contribution in [0.5, 0.6) is 0 Å². The molecule has 0 radical (unpaired) electrons. The number of hydrogen-bond acceptors (Lipinski definition) is 5. The molecule has 102 valence electrons. The van der Waals surface area contributed by atoms with Crippen molar-refractivity contribution < 1.29 is 5.11 Å². The van der Waals surface area contributed by atoms with Crippen molar-refractivity contribution >= 4 is 5.82 Å². The average molecular weight is 260 g/mol. The van der Waals surface area contributed by atoms with Gasteiger partial charge in [-0.2, -0.15) is 10.4 Å². The third-order valence-corrected chi connectivity index (χ3v) is 3.73. The summed E-state index contributed by atoms with van der Waals surface area (Å²) >= 11 is 0. The summed E-state index contributed by atoms with van der Waals surface area (Å²) in [6.45, 7) is 4.80. The number of aliphatic hydroxyl groups excluding tert-OH is 1. The van der Waals surface area contributed by atoms with E-state index in [2.05, 4.69) is 21.6 Å². The van der Waals surface area contributed by atoms with Crippen molar-refractivity contribution in [2.24, 2.45) is 5.92 Å². The lowest BCUT2D eigenvalue weighted by Crippen LogP contribution is -2.33. The molecule has 5 heteroatoms. The Hall–Kier alpha value is -1.67. The second-order valence-electron chi connectivity index (χ2n) is 5.04. The van der Waals surface area contributed by atoms with E-state index in [1.807, 2.05) is 13.8 Å². The highest BCUT2D eigenvalue weighted by atomic mass is 16.3. The standard InChI is InChI=1S/C14H20N4O/c1-3-11-12(7-15)14(18-17-13(11)4-2)16-8-9-5-10(19)6-9/h9-10,19H,3-6,8H2,1-2H3,(H,16,18). The molecule has 0 atom stereocenters. The van der Waals surface area contributed by atoms with Gasteiger partial charge in [-0.15, -0.1) is 5.10 Å². The van der Waals surface area contributed by atoms with Crippen molar-refractivity contribution in [3.8, 4) is 6.07 Å². The monoisotopic (exact) mass is 260 g/mol. The topological polar surface area (TPSA) is 81.8 Å². The van der Waals surface area contributed by atoms with Crippen molar-refractivity contribution in [1.29, 1.82) is 5.26 Å². The van der Waals surface area contributed by atoms with Crippen LogP contribution in [0, 0.1) is 17.2 Å². The van der Waals surface area contributed by atoms with E-state index in [1.165, 1.54) is 0 Å². The van der Waals surface area contributed by atoms with Gasteiger partial charge in [-0.05, 0) is 37.2 Å². The third kappa shape index (κ3) is 2.85. The quantitative estimate of drug-likeness (QED) is 0.841. The molecule has 1 aliphatic carbocycles. The minimum atomic E-state index is -0.151. The fraction of sp³-hybridized carbons (Fsp3) is 0.643. The number of aryl methyl sites for hydroxylation is 1. The number of rotatable bonds is 5. The fourth-order valence-corrected chi connectivity index (χ4v) is 2.53. The lowest BCUT2D eigenvalue weighted by molar-refractivity contribution is 0.0486. The normalized spacial score (nSPS) is 21.6. The maximum absolute atomic E-state index is 9.33. The van der Waals surface area contributed by atoms with Crippen LogP contribution in [0.25, 0.3) is 0 Å². The molecule has 1 saturated carbocycles. The lowest BCUT2D eigenvalue weighted by Gasteiger charge is -2.31. The molecule has 1 heterocycles. The zero-order chi connectivity index (χ0) is 13.8. The Morgan fingerprint density at radius 1 is 1.32 bits per heavy atom. The summed E-state index contributed by atoms with van der Waals surface area (Å²) in [5.74, 6) is 1.05. The Balaban J connectivity index is 2.14. The number of aromatic nitrogens is 2. The molecule has 1 aliphatic rings. The molecular formula is C14H20N4O. The number of hydrogen-bond donors (Lipinski definition) is 2. The summed E-state index contributed by atoms with van der Waals surface area (Å²) in [4.78, 5) is 0. The predicted octanol–water partition coefficient (Wildman–Crippen LogP) is 1.66. The first-order valence-electron chi connectivity index (χ1n) is 6.90. The van der Waals surface area contributed by atoms with Crippen LogP contribution in [0.3, 0.4) is 0 Å². The smallest absolute Gasteiger partial charge is 0.166 e. The van der Waals surface area contributed by atoms with Crippen LogP contribution in [-0.4, -0.2) is 28.0 Å². The summed E-state index contributed by atoms with van der Waals surface area (Å²) in [5.41, 5.74) is 2.52. The molecular weight excluding hydrogens is 240 g/mol. The van der Waals surface area contributed by atoms with Crippen molar-refractivity contribution in [3.05, 3.63) is 16.8 Å². The zero-order valence-electron chi connectivity index (χ0n) is 11.5. The van der Waals surface area contributed by atoms with E-state index < -0.39 is 0 Å². The van der Waals surface area contributed by atoms with Gasteiger partial charge in [0.05, 0.1) is 11.8 Å². The molecule has 0 bridgehead atoms. The summed E-state index contributed by atoms with van der Waals surface area (Å²) in [5, 5.41) is 30.1. The first-order valence-corrected chi connectivity index (χ1v) is 6.90. The van der Waals surface area contributed by atoms with Crippen molar-refractivity contribution in [2.45, 2.75) is 45.6 Å².